The van der Waals surface area contributed by atoms with Gasteiger partial charge in [-0.05, 0) is 6.92 Å². The third kappa shape index (κ3) is 3.15. The standard InChI is InChI=1S/C13H13BrF3NO2/c1-7-5-18(6-9(4-14)20-7)13(19)12-10(16)2-8(15)3-11(12)17/h2-3,7,9H,4-6H2,1H3. The lowest BCUT2D eigenvalue weighted by atomic mass is 10.1. The Hall–Kier alpha value is -1.08. The number of ether oxygens (including phenoxy) is 1. The van der Waals surface area contributed by atoms with Gasteiger partial charge < -0.3 is 9.64 Å². The van der Waals surface area contributed by atoms with Crippen LogP contribution in [0.15, 0.2) is 12.1 Å². The molecule has 2 unspecified atom stereocenters. The van der Waals surface area contributed by atoms with E-state index in [2.05, 4.69) is 15.9 Å². The van der Waals surface area contributed by atoms with Crippen LogP contribution in [0.2, 0.25) is 0 Å². The Bertz CT molecular complexity index is 503. The van der Waals surface area contributed by atoms with E-state index in [4.69, 9.17) is 4.74 Å². The fourth-order valence-corrected chi connectivity index (χ4v) is 2.56. The van der Waals surface area contributed by atoms with Gasteiger partial charge in [-0.1, -0.05) is 15.9 Å². The minimum Gasteiger partial charge on any atom is -0.371 e. The van der Waals surface area contributed by atoms with Gasteiger partial charge in [-0.25, -0.2) is 13.2 Å². The van der Waals surface area contributed by atoms with Gasteiger partial charge >= 0.3 is 0 Å². The van der Waals surface area contributed by atoms with E-state index in [1.54, 1.807) is 6.92 Å². The van der Waals surface area contributed by atoms with Crippen molar-refractivity contribution in [3.63, 3.8) is 0 Å². The van der Waals surface area contributed by atoms with Crippen LogP contribution in [0.5, 0.6) is 0 Å². The van der Waals surface area contributed by atoms with E-state index < -0.39 is 28.9 Å². The van der Waals surface area contributed by atoms with Crippen LogP contribution in [0.25, 0.3) is 0 Å². The van der Waals surface area contributed by atoms with E-state index in [9.17, 15) is 18.0 Å². The van der Waals surface area contributed by atoms with E-state index in [-0.39, 0.29) is 25.3 Å². The quantitative estimate of drug-likeness (QED) is 0.766. The molecular formula is C13H13BrF3NO2. The number of carbonyl (C=O) groups is 1. The second kappa shape index (κ2) is 6.13. The van der Waals surface area contributed by atoms with E-state index in [1.807, 2.05) is 0 Å². The predicted octanol–water partition coefficient (Wildman–Crippen LogP) is 2.73. The summed E-state index contributed by atoms with van der Waals surface area (Å²) in [5.41, 5.74) is -0.728. The van der Waals surface area contributed by atoms with Crippen molar-refractivity contribution in [2.45, 2.75) is 19.1 Å². The first-order chi connectivity index (χ1) is 9.42. The molecule has 1 fully saturated rings. The molecule has 0 aromatic heterocycles. The first-order valence-corrected chi connectivity index (χ1v) is 7.19. The van der Waals surface area contributed by atoms with Crippen LogP contribution in [0.4, 0.5) is 13.2 Å². The van der Waals surface area contributed by atoms with E-state index in [1.165, 1.54) is 4.90 Å². The number of amides is 1. The Kier molecular flexibility index (Phi) is 4.70. The zero-order valence-electron chi connectivity index (χ0n) is 10.7. The molecule has 20 heavy (non-hydrogen) atoms. The van der Waals surface area contributed by atoms with E-state index in [0.29, 0.717) is 17.5 Å². The zero-order chi connectivity index (χ0) is 14.9. The average molecular weight is 352 g/mol. The number of nitrogens with zero attached hydrogens (tertiary/aromatic N) is 1. The van der Waals surface area contributed by atoms with Crippen LogP contribution in [0, 0.1) is 17.5 Å². The fraction of sp³-hybridized carbons (Fsp3) is 0.462. The smallest absolute Gasteiger partial charge is 0.260 e. The summed E-state index contributed by atoms with van der Waals surface area (Å²) in [5.74, 6) is -4.23. The normalized spacial score (nSPS) is 22.9. The molecule has 7 heteroatoms. The van der Waals surface area contributed by atoms with Crippen molar-refractivity contribution in [1.29, 1.82) is 0 Å². The molecular weight excluding hydrogens is 339 g/mol. The van der Waals surface area contributed by atoms with Crippen molar-refractivity contribution in [2.24, 2.45) is 0 Å². The van der Waals surface area contributed by atoms with Crippen LogP contribution >= 0.6 is 15.9 Å². The van der Waals surface area contributed by atoms with Crippen LogP contribution < -0.4 is 0 Å². The third-order valence-corrected chi connectivity index (χ3v) is 3.73. The maximum Gasteiger partial charge on any atom is 0.260 e. The Balaban J connectivity index is 2.27. The molecule has 2 atom stereocenters. The molecule has 1 aliphatic rings. The predicted molar refractivity (Wildman–Crippen MR) is 70.3 cm³/mol. The minimum atomic E-state index is -1.19. The van der Waals surface area contributed by atoms with Gasteiger partial charge in [0.05, 0.1) is 12.2 Å². The molecule has 0 aliphatic carbocycles. The molecule has 0 N–H and O–H groups in total. The summed E-state index contributed by atoms with van der Waals surface area (Å²) in [7, 11) is 0. The number of hydrogen-bond donors (Lipinski definition) is 0. The van der Waals surface area contributed by atoms with Crippen LogP contribution in [0.3, 0.4) is 0 Å². The Morgan fingerprint density at radius 3 is 2.50 bits per heavy atom. The molecule has 0 saturated carbocycles. The Morgan fingerprint density at radius 2 is 1.95 bits per heavy atom. The molecule has 1 heterocycles. The highest BCUT2D eigenvalue weighted by atomic mass is 79.9. The third-order valence-electron chi connectivity index (χ3n) is 3.01. The van der Waals surface area contributed by atoms with E-state index >= 15 is 0 Å². The summed E-state index contributed by atoms with van der Waals surface area (Å²) < 4.78 is 45.7. The summed E-state index contributed by atoms with van der Waals surface area (Å²) in [6.45, 7) is 2.23. The highest BCUT2D eigenvalue weighted by Crippen LogP contribution is 2.20. The molecule has 0 bridgehead atoms. The average Bonchev–Trinajstić information content (AvgIpc) is 2.36. The number of morpholine rings is 1. The summed E-state index contributed by atoms with van der Waals surface area (Å²) in [5, 5.41) is 0.509. The van der Waals surface area contributed by atoms with Gasteiger partial charge in [-0.2, -0.15) is 0 Å². The summed E-state index contributed by atoms with van der Waals surface area (Å²) in [4.78, 5) is 13.5. The first kappa shape index (κ1) is 15.3. The highest BCUT2D eigenvalue weighted by molar-refractivity contribution is 9.09. The molecule has 110 valence electrons. The first-order valence-electron chi connectivity index (χ1n) is 6.07. The molecule has 1 aromatic carbocycles. The Morgan fingerprint density at radius 1 is 1.35 bits per heavy atom. The van der Waals surface area contributed by atoms with Gasteiger partial charge in [0, 0.05) is 30.6 Å². The molecule has 2 rings (SSSR count). The highest BCUT2D eigenvalue weighted by Gasteiger charge is 2.31. The maximum atomic E-state index is 13.6. The fourth-order valence-electron chi connectivity index (χ4n) is 2.20. The lowest BCUT2D eigenvalue weighted by molar-refractivity contribution is -0.0561. The number of hydrogen-bond acceptors (Lipinski definition) is 2. The van der Waals surface area contributed by atoms with Crippen molar-refractivity contribution < 1.29 is 22.7 Å². The summed E-state index contributed by atoms with van der Waals surface area (Å²) in [6, 6.07) is 1.00. The molecule has 3 nitrogen and oxygen atoms in total. The van der Waals surface area contributed by atoms with Crippen molar-refractivity contribution in [2.75, 3.05) is 18.4 Å². The lowest BCUT2D eigenvalue weighted by Crippen LogP contribution is -2.50. The molecule has 1 amide bonds. The number of carbonyl (C=O) groups excluding carboxylic acids is 1. The van der Waals surface area contributed by atoms with Crippen molar-refractivity contribution in [3.05, 3.63) is 35.1 Å². The summed E-state index contributed by atoms with van der Waals surface area (Å²) >= 11 is 3.25. The van der Waals surface area contributed by atoms with Gasteiger partial charge in [0.2, 0.25) is 0 Å². The van der Waals surface area contributed by atoms with Gasteiger partial charge in [-0.15, -0.1) is 0 Å². The number of halogens is 4. The van der Waals surface area contributed by atoms with Crippen LogP contribution in [-0.2, 0) is 4.74 Å². The molecule has 0 radical (unpaired) electrons. The molecule has 1 aliphatic heterocycles. The summed E-state index contributed by atoms with van der Waals surface area (Å²) in [6.07, 6.45) is -0.476. The number of benzene rings is 1. The van der Waals surface area contributed by atoms with Crippen molar-refractivity contribution in [3.8, 4) is 0 Å². The largest absolute Gasteiger partial charge is 0.371 e. The minimum absolute atomic E-state index is 0.227. The van der Waals surface area contributed by atoms with Gasteiger partial charge in [0.15, 0.2) is 0 Å². The van der Waals surface area contributed by atoms with E-state index in [0.717, 1.165) is 0 Å². The topological polar surface area (TPSA) is 29.5 Å². The molecule has 0 spiro atoms. The van der Waals surface area contributed by atoms with Crippen LogP contribution in [0.1, 0.15) is 17.3 Å². The molecule has 1 aromatic rings. The Labute approximate surface area is 122 Å². The number of alkyl halides is 1. The monoisotopic (exact) mass is 351 g/mol. The zero-order valence-corrected chi connectivity index (χ0v) is 12.3. The van der Waals surface area contributed by atoms with Crippen molar-refractivity contribution >= 4 is 21.8 Å². The number of rotatable bonds is 2. The van der Waals surface area contributed by atoms with Gasteiger partial charge in [0.1, 0.15) is 23.0 Å². The van der Waals surface area contributed by atoms with Crippen molar-refractivity contribution in [1.82, 2.24) is 4.90 Å². The second-order valence-electron chi connectivity index (χ2n) is 4.68. The van der Waals surface area contributed by atoms with Crippen LogP contribution in [-0.4, -0.2) is 41.4 Å². The maximum absolute atomic E-state index is 13.6. The SMILES string of the molecule is CC1CN(C(=O)c2c(F)cc(F)cc2F)CC(CBr)O1. The second-order valence-corrected chi connectivity index (χ2v) is 5.33. The van der Waals surface area contributed by atoms with Gasteiger partial charge in [0.25, 0.3) is 5.91 Å². The molecule has 1 saturated heterocycles. The lowest BCUT2D eigenvalue weighted by Gasteiger charge is -2.36. The van der Waals surface area contributed by atoms with Gasteiger partial charge in [-0.3, -0.25) is 4.79 Å².